The van der Waals surface area contributed by atoms with Gasteiger partial charge in [-0.2, -0.15) is 0 Å². The van der Waals surface area contributed by atoms with Gasteiger partial charge < -0.3 is 4.42 Å². The highest BCUT2D eigenvalue weighted by atomic mass is 16.4. The molecular formula is C16H22N2O2. The van der Waals surface area contributed by atoms with Crippen molar-refractivity contribution in [3.05, 3.63) is 34.3 Å². The predicted octanol–water partition coefficient (Wildman–Crippen LogP) is 3.32. The molecule has 1 aromatic carbocycles. The summed E-state index contributed by atoms with van der Waals surface area (Å²) in [5.41, 5.74) is 2.70. The number of unbranched alkanes of at least 4 members (excludes halogenated alkanes) is 1. The smallest absolute Gasteiger partial charge is 0.408 e. The number of oxazole rings is 1. The van der Waals surface area contributed by atoms with E-state index in [1.165, 1.54) is 10.1 Å². The largest absolute Gasteiger partial charge is 0.419 e. The van der Waals surface area contributed by atoms with Crippen LogP contribution in [0.25, 0.3) is 11.1 Å². The van der Waals surface area contributed by atoms with Gasteiger partial charge in [0, 0.05) is 7.05 Å². The van der Waals surface area contributed by atoms with Gasteiger partial charge in [-0.3, -0.25) is 9.56 Å². The van der Waals surface area contributed by atoms with Gasteiger partial charge in [0.25, 0.3) is 0 Å². The molecule has 2 aromatic rings. The number of hydrogen-bond donors (Lipinski definition) is 0. The topological polar surface area (TPSA) is 47.5 Å². The highest BCUT2D eigenvalue weighted by Crippen LogP contribution is 2.15. The van der Waals surface area contributed by atoms with Crippen molar-refractivity contribution in [1.29, 1.82) is 0 Å². The first kappa shape index (κ1) is 14.6. The van der Waals surface area contributed by atoms with Gasteiger partial charge in [0.15, 0.2) is 5.58 Å². The zero-order valence-electron chi connectivity index (χ0n) is 12.6. The van der Waals surface area contributed by atoms with Crippen LogP contribution in [0.5, 0.6) is 0 Å². The van der Waals surface area contributed by atoms with E-state index in [9.17, 15) is 4.79 Å². The Morgan fingerprint density at radius 2 is 2.10 bits per heavy atom. The molecule has 0 fully saturated rings. The third-order valence-corrected chi connectivity index (χ3v) is 3.13. The first-order valence-corrected chi connectivity index (χ1v) is 6.99. The summed E-state index contributed by atoms with van der Waals surface area (Å²) >= 11 is 0. The lowest BCUT2D eigenvalue weighted by molar-refractivity contribution is 0.528. The van der Waals surface area contributed by atoms with Crippen LogP contribution in [0.4, 0.5) is 0 Å². The molecule has 4 nitrogen and oxygen atoms in total. The number of hydrogen-bond acceptors (Lipinski definition) is 3. The molecule has 1 aromatic heterocycles. The van der Waals surface area contributed by atoms with Crippen molar-refractivity contribution < 1.29 is 4.42 Å². The van der Waals surface area contributed by atoms with Crippen LogP contribution in [0.1, 0.15) is 39.2 Å². The van der Waals surface area contributed by atoms with Crippen LogP contribution in [0.2, 0.25) is 0 Å². The first-order chi connectivity index (χ1) is 9.37. The van der Waals surface area contributed by atoms with E-state index in [2.05, 4.69) is 31.8 Å². The van der Waals surface area contributed by atoms with Crippen LogP contribution in [-0.4, -0.2) is 16.3 Å². The maximum Gasteiger partial charge on any atom is 0.419 e. The molecule has 0 radical (unpaired) electrons. The second-order valence-corrected chi connectivity index (χ2v) is 6.10. The summed E-state index contributed by atoms with van der Waals surface area (Å²) in [6.07, 6.45) is 4.97. The first-order valence-electron chi connectivity index (χ1n) is 6.99. The minimum absolute atomic E-state index is 0.00631. The summed E-state index contributed by atoms with van der Waals surface area (Å²) in [7, 11) is 1.72. The molecule has 0 aliphatic rings. The molecule has 0 atom stereocenters. The van der Waals surface area contributed by atoms with Gasteiger partial charge >= 0.3 is 5.76 Å². The van der Waals surface area contributed by atoms with E-state index in [1.807, 2.05) is 18.3 Å². The lowest BCUT2D eigenvalue weighted by atomic mass is 10.1. The summed E-state index contributed by atoms with van der Waals surface area (Å²) < 4.78 is 6.72. The molecule has 0 spiro atoms. The average Bonchev–Trinajstić information content (AvgIpc) is 2.63. The van der Waals surface area contributed by atoms with Crippen LogP contribution >= 0.6 is 0 Å². The van der Waals surface area contributed by atoms with Crippen molar-refractivity contribution in [1.82, 2.24) is 4.57 Å². The predicted molar refractivity (Wildman–Crippen MR) is 82.6 cm³/mol. The average molecular weight is 274 g/mol. The molecule has 0 saturated heterocycles. The number of fused-ring (bicyclic) bond motifs is 1. The Labute approximate surface area is 119 Å². The number of aryl methyl sites for hydroxylation is 2. The van der Waals surface area contributed by atoms with Gasteiger partial charge in [-0.25, -0.2) is 4.79 Å². The van der Waals surface area contributed by atoms with Crippen molar-refractivity contribution in [3.63, 3.8) is 0 Å². The molecule has 2 rings (SSSR count). The number of aliphatic imine (C=N–C) groups is 1. The van der Waals surface area contributed by atoms with E-state index >= 15 is 0 Å². The van der Waals surface area contributed by atoms with E-state index < -0.39 is 0 Å². The number of rotatable bonds is 4. The summed E-state index contributed by atoms with van der Waals surface area (Å²) in [6.45, 7) is 6.28. The summed E-state index contributed by atoms with van der Waals surface area (Å²) in [4.78, 5) is 15.9. The van der Waals surface area contributed by atoms with Gasteiger partial charge in [0.05, 0.1) is 11.1 Å². The molecule has 1 heterocycles. The van der Waals surface area contributed by atoms with Crippen molar-refractivity contribution in [2.45, 2.75) is 45.6 Å². The molecule has 4 heteroatoms. The Hall–Kier alpha value is -1.84. The molecule has 0 bridgehead atoms. The zero-order valence-corrected chi connectivity index (χ0v) is 12.6. The van der Waals surface area contributed by atoms with E-state index in [-0.39, 0.29) is 11.3 Å². The Bertz CT molecular complexity index is 672. The molecular weight excluding hydrogens is 252 g/mol. The summed E-state index contributed by atoms with van der Waals surface area (Å²) in [5.74, 6) is -0.311. The van der Waals surface area contributed by atoms with E-state index in [0.717, 1.165) is 24.8 Å². The maximum absolute atomic E-state index is 11.4. The van der Waals surface area contributed by atoms with Gasteiger partial charge in [0.1, 0.15) is 0 Å². The van der Waals surface area contributed by atoms with E-state index in [0.29, 0.717) is 5.58 Å². The number of nitrogens with zero attached hydrogens (tertiary/aromatic N) is 2. The minimum atomic E-state index is -0.311. The minimum Gasteiger partial charge on any atom is -0.408 e. The molecule has 108 valence electrons. The SMILES string of the molecule is Cn1c(=O)oc2cc(CCCC=NC(C)(C)C)ccc21. The van der Waals surface area contributed by atoms with E-state index in [1.54, 1.807) is 7.05 Å². The van der Waals surface area contributed by atoms with Crippen LogP contribution in [0.3, 0.4) is 0 Å². The van der Waals surface area contributed by atoms with E-state index in [4.69, 9.17) is 4.42 Å². The third kappa shape index (κ3) is 3.59. The van der Waals surface area contributed by atoms with Crippen molar-refractivity contribution >= 4 is 17.3 Å². The van der Waals surface area contributed by atoms with Gasteiger partial charge in [-0.1, -0.05) is 6.07 Å². The van der Waals surface area contributed by atoms with Crippen LogP contribution in [0, 0.1) is 0 Å². The third-order valence-electron chi connectivity index (χ3n) is 3.13. The maximum atomic E-state index is 11.4. The Morgan fingerprint density at radius 1 is 1.35 bits per heavy atom. The Morgan fingerprint density at radius 3 is 2.80 bits per heavy atom. The highest BCUT2D eigenvalue weighted by Gasteiger charge is 2.06. The quantitative estimate of drug-likeness (QED) is 0.634. The lowest BCUT2D eigenvalue weighted by Gasteiger charge is -2.10. The van der Waals surface area contributed by atoms with Crippen LogP contribution < -0.4 is 5.76 Å². The standard InChI is InChI=1S/C16H22N2O2/c1-16(2,3)17-10-6-5-7-12-8-9-13-14(11-12)20-15(19)18(13)4/h8-11H,5-7H2,1-4H3. The fraction of sp³-hybridized carbons (Fsp3) is 0.500. The highest BCUT2D eigenvalue weighted by molar-refractivity contribution is 5.73. The second-order valence-electron chi connectivity index (χ2n) is 6.10. The second kappa shape index (κ2) is 5.65. The number of benzene rings is 1. The summed E-state index contributed by atoms with van der Waals surface area (Å²) in [6, 6.07) is 5.95. The lowest BCUT2D eigenvalue weighted by Crippen LogP contribution is -2.09. The van der Waals surface area contributed by atoms with Crippen molar-refractivity contribution in [2.24, 2.45) is 12.0 Å². The molecule has 0 unspecified atom stereocenters. The van der Waals surface area contributed by atoms with Crippen molar-refractivity contribution in [2.75, 3.05) is 0 Å². The monoisotopic (exact) mass is 274 g/mol. The molecule has 0 saturated carbocycles. The van der Waals surface area contributed by atoms with Crippen molar-refractivity contribution in [3.8, 4) is 0 Å². The van der Waals surface area contributed by atoms with Gasteiger partial charge in [0.2, 0.25) is 0 Å². The van der Waals surface area contributed by atoms with Gasteiger partial charge in [-0.05, 0) is 63.9 Å². The summed E-state index contributed by atoms with van der Waals surface area (Å²) in [5, 5.41) is 0. The molecule has 0 aliphatic heterocycles. The fourth-order valence-electron chi connectivity index (χ4n) is 2.07. The molecule has 0 aliphatic carbocycles. The van der Waals surface area contributed by atoms with Crippen LogP contribution in [0.15, 0.2) is 32.4 Å². The zero-order chi connectivity index (χ0) is 14.8. The molecule has 20 heavy (non-hydrogen) atoms. The van der Waals surface area contributed by atoms with Gasteiger partial charge in [-0.15, -0.1) is 0 Å². The molecule has 0 amide bonds. The van der Waals surface area contributed by atoms with Crippen LogP contribution in [-0.2, 0) is 13.5 Å². The number of aromatic nitrogens is 1. The Kier molecular flexibility index (Phi) is 4.12. The fourth-order valence-corrected chi connectivity index (χ4v) is 2.07. The molecule has 0 N–H and O–H groups in total. The Balaban J connectivity index is 1.97. The normalized spacial score (nSPS) is 12.6.